The molecule has 0 radical (unpaired) electrons. The zero-order valence-electron chi connectivity index (χ0n) is 20.9. The highest BCUT2D eigenvalue weighted by Crippen LogP contribution is 2.71. The summed E-state index contributed by atoms with van der Waals surface area (Å²) in [6.07, 6.45) is 12.4. The number of halogens is 3. The lowest BCUT2D eigenvalue weighted by atomic mass is 9.37. The molecule has 7 unspecified atom stereocenters. The van der Waals surface area contributed by atoms with Crippen LogP contribution in [0.5, 0.6) is 0 Å². The summed E-state index contributed by atoms with van der Waals surface area (Å²) < 4.78 is 67.5. The number of nitrogens with two attached hydrogens (primary N) is 1. The first-order valence-electron chi connectivity index (χ1n) is 13.1. The van der Waals surface area contributed by atoms with E-state index in [1.54, 1.807) is 6.08 Å². The first-order chi connectivity index (χ1) is 15.6. The Bertz CT molecular complexity index is 992. The van der Waals surface area contributed by atoms with Crippen molar-refractivity contribution in [2.24, 2.45) is 51.6 Å². The minimum atomic E-state index is -5.67. The third-order valence-electron chi connectivity index (χ3n) is 11.6. The second kappa shape index (κ2) is 7.39. The van der Waals surface area contributed by atoms with Gasteiger partial charge in [0, 0.05) is 11.0 Å². The van der Waals surface area contributed by atoms with Crippen LogP contribution < -0.4 is 5.73 Å². The van der Waals surface area contributed by atoms with Crippen molar-refractivity contribution < 1.29 is 25.8 Å². The maximum absolute atomic E-state index is 13.0. The second-order valence-corrected chi connectivity index (χ2v) is 14.8. The van der Waals surface area contributed by atoms with Gasteiger partial charge in [0.25, 0.3) is 0 Å². The molecule has 4 fully saturated rings. The van der Waals surface area contributed by atoms with E-state index in [1.165, 1.54) is 25.7 Å². The summed E-state index contributed by atoms with van der Waals surface area (Å²) in [5, 5.41) is 0. The molecule has 34 heavy (non-hydrogen) atoms. The molecule has 5 rings (SSSR count). The maximum Gasteiger partial charge on any atom is 0.534 e. The molecule has 4 nitrogen and oxygen atoms in total. The molecule has 8 heteroatoms. The van der Waals surface area contributed by atoms with E-state index in [-0.39, 0.29) is 28.0 Å². The maximum atomic E-state index is 13.0. The highest BCUT2D eigenvalue weighted by molar-refractivity contribution is 7.87. The van der Waals surface area contributed by atoms with Gasteiger partial charge in [-0.1, -0.05) is 34.1 Å². The van der Waals surface area contributed by atoms with Gasteiger partial charge in [-0.15, -0.1) is 0 Å². The third kappa shape index (κ3) is 3.29. The molecule has 0 heterocycles. The Balaban J connectivity index is 1.46. The minimum absolute atomic E-state index is 0.0250. The van der Waals surface area contributed by atoms with E-state index in [2.05, 4.69) is 13.8 Å². The molecule has 0 saturated heterocycles. The van der Waals surface area contributed by atoms with Crippen molar-refractivity contribution in [2.45, 2.75) is 103 Å². The van der Waals surface area contributed by atoms with Crippen LogP contribution in [0.3, 0.4) is 0 Å². The Hall–Kier alpha value is -0.760. The van der Waals surface area contributed by atoms with Gasteiger partial charge in [-0.3, -0.25) is 0 Å². The topological polar surface area (TPSA) is 69.4 Å². The number of allylic oxidation sites excluding steroid dienone is 2. The van der Waals surface area contributed by atoms with E-state index in [1.807, 2.05) is 13.8 Å². The molecule has 0 aliphatic heterocycles. The molecule has 5 aliphatic carbocycles. The van der Waals surface area contributed by atoms with Crippen LogP contribution in [0, 0.1) is 45.8 Å². The van der Waals surface area contributed by atoms with Gasteiger partial charge in [-0.25, -0.2) is 0 Å². The molecule has 4 saturated carbocycles. The average molecular weight is 504 g/mol. The number of alkyl halides is 3. The Morgan fingerprint density at radius 1 is 0.912 bits per heavy atom. The zero-order chi connectivity index (χ0) is 24.9. The van der Waals surface area contributed by atoms with E-state index in [4.69, 9.17) is 9.92 Å². The lowest BCUT2D eigenvalue weighted by Crippen LogP contribution is -2.63. The normalized spacial score (nSPS) is 48.1. The van der Waals surface area contributed by atoms with Crippen molar-refractivity contribution in [1.82, 2.24) is 0 Å². The van der Waals surface area contributed by atoms with Crippen LogP contribution in [0.15, 0.2) is 11.8 Å². The van der Waals surface area contributed by atoms with Crippen LogP contribution in [0.4, 0.5) is 13.2 Å². The highest BCUT2D eigenvalue weighted by Gasteiger charge is 2.65. The van der Waals surface area contributed by atoms with Gasteiger partial charge in [0.05, 0.1) is 0 Å². The van der Waals surface area contributed by atoms with Crippen molar-refractivity contribution in [3.63, 3.8) is 0 Å². The average Bonchev–Trinajstić information content (AvgIpc) is 3.11. The summed E-state index contributed by atoms with van der Waals surface area (Å²) in [5.41, 5.74) is 0.813. The van der Waals surface area contributed by atoms with Crippen molar-refractivity contribution in [3.8, 4) is 0 Å². The Labute approximate surface area is 202 Å². The SMILES string of the molecule is CC1(C)C(OS(=O)(=O)C(F)(F)F)=CCC2(C)C1CCC1(C)C3CCC4(N)CCC[C@@H]4C3CCC12. The quantitative estimate of drug-likeness (QED) is 0.344. The fourth-order valence-corrected chi connectivity index (χ4v) is 10.8. The molecular formula is C26H40F3NO3S. The van der Waals surface area contributed by atoms with Crippen LogP contribution >= 0.6 is 0 Å². The molecule has 0 amide bonds. The van der Waals surface area contributed by atoms with Crippen LogP contribution in [-0.4, -0.2) is 19.5 Å². The molecule has 5 aliphatic rings. The first-order valence-corrected chi connectivity index (χ1v) is 14.5. The monoisotopic (exact) mass is 503 g/mol. The Morgan fingerprint density at radius 2 is 1.62 bits per heavy atom. The molecule has 0 aromatic rings. The van der Waals surface area contributed by atoms with E-state index < -0.39 is 21.0 Å². The lowest BCUT2D eigenvalue weighted by Gasteiger charge is -2.68. The molecule has 0 spiro atoms. The summed E-state index contributed by atoms with van der Waals surface area (Å²) in [6.45, 7) is 8.51. The number of hydrogen-bond donors (Lipinski definition) is 1. The molecular weight excluding hydrogens is 463 g/mol. The lowest BCUT2D eigenvalue weighted by molar-refractivity contribution is -0.177. The van der Waals surface area contributed by atoms with Crippen LogP contribution in [0.1, 0.15) is 91.9 Å². The summed E-state index contributed by atoms with van der Waals surface area (Å²) in [7, 11) is -5.67. The van der Waals surface area contributed by atoms with Gasteiger partial charge < -0.3 is 9.92 Å². The second-order valence-electron chi connectivity index (χ2n) is 13.3. The van der Waals surface area contributed by atoms with Crippen molar-refractivity contribution in [3.05, 3.63) is 11.8 Å². The molecule has 194 valence electrons. The predicted molar refractivity (Wildman–Crippen MR) is 125 cm³/mol. The van der Waals surface area contributed by atoms with Gasteiger partial charge in [-0.2, -0.15) is 21.6 Å². The standard InChI is InChI=1S/C26H40F3NO3S/c1-22(2)19-10-13-23(3)17-9-15-25(30)12-5-6-18(25)16(17)7-8-20(23)24(19,4)14-11-21(22)33-34(31,32)26(27,28)29/h11,16-20H,5-10,12-15,30H2,1-4H3/t16?,17?,18-,19?,20?,23?,24?,25?/m1/s1. The van der Waals surface area contributed by atoms with Crippen LogP contribution in [-0.2, 0) is 14.3 Å². The number of rotatable bonds is 2. The fraction of sp³-hybridized carbons (Fsp3) is 0.923. The van der Waals surface area contributed by atoms with E-state index >= 15 is 0 Å². The van der Waals surface area contributed by atoms with Crippen LogP contribution in [0.2, 0.25) is 0 Å². The van der Waals surface area contributed by atoms with E-state index in [0.29, 0.717) is 30.1 Å². The van der Waals surface area contributed by atoms with Gasteiger partial charge in [0.2, 0.25) is 0 Å². The fourth-order valence-electron chi connectivity index (χ4n) is 10.2. The van der Waals surface area contributed by atoms with E-state index in [0.717, 1.165) is 32.1 Å². The third-order valence-corrected chi connectivity index (χ3v) is 12.5. The Morgan fingerprint density at radius 3 is 2.29 bits per heavy atom. The van der Waals surface area contributed by atoms with Gasteiger partial charge in [-0.05, 0) is 104 Å². The molecule has 0 aromatic heterocycles. The largest absolute Gasteiger partial charge is 0.534 e. The van der Waals surface area contributed by atoms with Crippen molar-refractivity contribution >= 4 is 10.1 Å². The molecule has 0 aromatic carbocycles. The Kier molecular flexibility index (Phi) is 5.42. The summed E-state index contributed by atoms with van der Waals surface area (Å²) in [4.78, 5) is 0. The van der Waals surface area contributed by atoms with Crippen molar-refractivity contribution in [1.29, 1.82) is 0 Å². The number of hydrogen-bond acceptors (Lipinski definition) is 4. The van der Waals surface area contributed by atoms with Crippen molar-refractivity contribution in [2.75, 3.05) is 0 Å². The minimum Gasteiger partial charge on any atom is -0.380 e. The van der Waals surface area contributed by atoms with Crippen LogP contribution in [0.25, 0.3) is 0 Å². The molecule has 0 bridgehead atoms. The van der Waals surface area contributed by atoms with Gasteiger partial charge >= 0.3 is 15.6 Å². The predicted octanol–water partition coefficient (Wildman–Crippen LogP) is 6.52. The number of fused-ring (bicyclic) bond motifs is 7. The first kappa shape index (κ1) is 24.9. The zero-order valence-corrected chi connectivity index (χ0v) is 21.7. The van der Waals surface area contributed by atoms with Gasteiger partial charge in [0.15, 0.2) is 0 Å². The van der Waals surface area contributed by atoms with Gasteiger partial charge in [0.1, 0.15) is 5.76 Å². The summed E-state index contributed by atoms with van der Waals surface area (Å²) >= 11 is 0. The smallest absolute Gasteiger partial charge is 0.380 e. The summed E-state index contributed by atoms with van der Waals surface area (Å²) in [5.74, 6) is 2.46. The molecule has 8 atom stereocenters. The highest BCUT2D eigenvalue weighted by atomic mass is 32.2. The molecule has 2 N–H and O–H groups in total. The van der Waals surface area contributed by atoms with E-state index in [9.17, 15) is 21.6 Å². The summed E-state index contributed by atoms with van der Waals surface area (Å²) in [6, 6.07) is 0.